The van der Waals surface area contributed by atoms with Gasteiger partial charge in [0.2, 0.25) is 15.9 Å². The first-order valence-corrected chi connectivity index (χ1v) is 13.3. The van der Waals surface area contributed by atoms with Crippen LogP contribution >= 0.6 is 0 Å². The Morgan fingerprint density at radius 2 is 1.83 bits per heavy atom. The second kappa shape index (κ2) is 11.2. The van der Waals surface area contributed by atoms with Crippen LogP contribution in [0.3, 0.4) is 0 Å². The minimum atomic E-state index is -4.06. The van der Waals surface area contributed by atoms with E-state index >= 15 is 0 Å². The number of rotatable bonds is 9. The number of nitrogens with two attached hydrogens (primary N) is 1. The molecular formula is C26H30N4O5S. The summed E-state index contributed by atoms with van der Waals surface area (Å²) in [5, 5.41) is 14.4. The summed E-state index contributed by atoms with van der Waals surface area (Å²) in [6.45, 7) is 0.264. The summed E-state index contributed by atoms with van der Waals surface area (Å²) in [6, 6.07) is 17.4. The molecule has 0 radical (unpaired) electrons. The van der Waals surface area contributed by atoms with E-state index in [1.54, 1.807) is 30.3 Å². The van der Waals surface area contributed by atoms with E-state index in [2.05, 4.69) is 10.0 Å². The van der Waals surface area contributed by atoms with Crippen molar-refractivity contribution in [2.45, 2.75) is 36.4 Å². The Morgan fingerprint density at radius 1 is 1.06 bits per heavy atom. The van der Waals surface area contributed by atoms with E-state index in [9.17, 15) is 23.1 Å². The third-order valence-corrected chi connectivity index (χ3v) is 7.86. The lowest BCUT2D eigenvalue weighted by Gasteiger charge is -2.28. The van der Waals surface area contributed by atoms with Gasteiger partial charge in [-0.1, -0.05) is 42.5 Å². The Balaban J connectivity index is 1.42. The van der Waals surface area contributed by atoms with E-state index in [1.807, 2.05) is 24.3 Å². The first-order valence-electron chi connectivity index (χ1n) is 11.8. The number of nitrogens with zero attached hydrogens (tertiary/aromatic N) is 1. The van der Waals surface area contributed by atoms with Gasteiger partial charge in [0, 0.05) is 31.2 Å². The number of hydrogen-bond donors (Lipinski definition) is 4. The lowest BCUT2D eigenvalue weighted by Crippen LogP contribution is -2.53. The van der Waals surface area contributed by atoms with Crippen molar-refractivity contribution in [2.24, 2.45) is 5.73 Å². The van der Waals surface area contributed by atoms with E-state index in [0.717, 1.165) is 16.3 Å². The van der Waals surface area contributed by atoms with Crippen LogP contribution in [-0.2, 0) is 21.4 Å². The molecule has 36 heavy (non-hydrogen) atoms. The van der Waals surface area contributed by atoms with Gasteiger partial charge in [0.1, 0.15) is 6.04 Å². The zero-order valence-electron chi connectivity index (χ0n) is 19.8. The Bertz CT molecular complexity index is 1360. The van der Waals surface area contributed by atoms with Crippen LogP contribution in [0.4, 0.5) is 0 Å². The third kappa shape index (κ3) is 5.73. The Kier molecular flexibility index (Phi) is 8.00. The van der Waals surface area contributed by atoms with Gasteiger partial charge in [0.05, 0.1) is 11.5 Å². The minimum absolute atomic E-state index is 0.0115. The summed E-state index contributed by atoms with van der Waals surface area (Å²) in [6.07, 6.45) is 1.37. The summed E-state index contributed by atoms with van der Waals surface area (Å²) >= 11 is 0. The van der Waals surface area contributed by atoms with Crippen molar-refractivity contribution in [3.8, 4) is 0 Å². The average Bonchev–Trinajstić information content (AvgIpc) is 3.38. The molecule has 1 fully saturated rings. The summed E-state index contributed by atoms with van der Waals surface area (Å²) in [5.41, 5.74) is 6.96. The number of benzene rings is 3. The molecule has 0 aliphatic carbocycles. The molecule has 1 aliphatic heterocycles. The van der Waals surface area contributed by atoms with Gasteiger partial charge < -0.3 is 21.1 Å². The number of fused-ring (bicyclic) bond motifs is 1. The maximum absolute atomic E-state index is 13.2. The highest BCUT2D eigenvalue weighted by Crippen LogP contribution is 2.21. The Morgan fingerprint density at radius 3 is 2.58 bits per heavy atom. The highest BCUT2D eigenvalue weighted by atomic mass is 32.2. The smallest absolute Gasteiger partial charge is 0.251 e. The predicted octanol–water partition coefficient (Wildman–Crippen LogP) is 1.36. The van der Waals surface area contributed by atoms with E-state index in [4.69, 9.17) is 5.73 Å². The third-order valence-electron chi connectivity index (χ3n) is 6.39. The van der Waals surface area contributed by atoms with Gasteiger partial charge in [0.15, 0.2) is 0 Å². The molecule has 0 unspecified atom stereocenters. The summed E-state index contributed by atoms with van der Waals surface area (Å²) in [4.78, 5) is 27.3. The van der Waals surface area contributed by atoms with Gasteiger partial charge in [-0.3, -0.25) is 9.59 Å². The molecule has 9 nitrogen and oxygen atoms in total. The fourth-order valence-electron chi connectivity index (χ4n) is 4.45. The maximum Gasteiger partial charge on any atom is 0.251 e. The van der Waals surface area contributed by atoms with Crippen molar-refractivity contribution in [3.05, 3.63) is 77.9 Å². The Labute approximate surface area is 210 Å². The number of carbonyl (C=O) groups is 2. The normalized spacial score (nSPS) is 16.7. The average molecular weight is 511 g/mol. The van der Waals surface area contributed by atoms with Crippen LogP contribution in [0.2, 0.25) is 0 Å². The fourth-order valence-corrected chi connectivity index (χ4v) is 5.66. The van der Waals surface area contributed by atoms with Crippen LogP contribution in [-0.4, -0.2) is 62.0 Å². The quantitative estimate of drug-likeness (QED) is 0.342. The Hall–Kier alpha value is -3.31. The second-order valence-corrected chi connectivity index (χ2v) is 10.5. The fraction of sp³-hybridized carbons (Fsp3) is 0.308. The van der Waals surface area contributed by atoms with Gasteiger partial charge in [-0.05, 0) is 53.4 Å². The van der Waals surface area contributed by atoms with Crippen molar-refractivity contribution in [2.75, 3.05) is 19.7 Å². The molecule has 3 aromatic rings. The van der Waals surface area contributed by atoms with Crippen molar-refractivity contribution in [3.63, 3.8) is 0 Å². The summed E-state index contributed by atoms with van der Waals surface area (Å²) < 4.78 is 28.4. The van der Waals surface area contributed by atoms with Crippen LogP contribution in [0.25, 0.3) is 10.8 Å². The topological polar surface area (TPSA) is 142 Å². The van der Waals surface area contributed by atoms with Crippen LogP contribution in [0.15, 0.2) is 71.6 Å². The number of amides is 2. The number of carbonyl (C=O) groups excluding carboxylic acids is 2. The molecule has 3 aromatic carbocycles. The molecular weight excluding hydrogens is 480 g/mol. The van der Waals surface area contributed by atoms with Crippen molar-refractivity contribution >= 4 is 32.6 Å². The monoisotopic (exact) mass is 510 g/mol. The molecule has 4 rings (SSSR count). The first-order chi connectivity index (χ1) is 17.3. The SMILES string of the molecule is NCc1cccc(C(=O)NC[C@@H]2CCCN2C(=O)[C@H](CO)NS(=O)(=O)c2ccc3ccccc3c2)c1. The standard InChI is InChI=1S/C26H30N4O5S/c27-15-18-5-3-8-21(13-18)25(32)28-16-22-9-4-12-30(22)26(33)24(17-31)29-36(34,35)23-11-10-19-6-1-2-7-20(19)14-23/h1-3,5-8,10-11,13-14,22,24,29,31H,4,9,12,15-17,27H2,(H,28,32)/t22-,24-/m0/s1. The lowest BCUT2D eigenvalue weighted by molar-refractivity contribution is -0.134. The van der Waals surface area contributed by atoms with Crippen molar-refractivity contribution in [1.82, 2.24) is 14.9 Å². The summed E-state index contributed by atoms with van der Waals surface area (Å²) in [7, 11) is -4.06. The number of sulfonamides is 1. The van der Waals surface area contributed by atoms with E-state index in [-0.39, 0.29) is 23.4 Å². The van der Waals surface area contributed by atoms with E-state index in [1.165, 1.54) is 17.0 Å². The van der Waals surface area contributed by atoms with Gasteiger partial charge in [-0.15, -0.1) is 0 Å². The molecule has 0 saturated carbocycles. The molecule has 10 heteroatoms. The van der Waals surface area contributed by atoms with Crippen LogP contribution in [0.1, 0.15) is 28.8 Å². The van der Waals surface area contributed by atoms with Gasteiger partial charge in [-0.25, -0.2) is 8.42 Å². The van der Waals surface area contributed by atoms with E-state index in [0.29, 0.717) is 31.5 Å². The number of nitrogens with one attached hydrogen (secondary N) is 2. The molecule has 2 amide bonds. The molecule has 0 bridgehead atoms. The van der Waals surface area contributed by atoms with Crippen LogP contribution in [0.5, 0.6) is 0 Å². The summed E-state index contributed by atoms with van der Waals surface area (Å²) in [5.74, 6) is -0.802. The predicted molar refractivity (Wildman–Crippen MR) is 137 cm³/mol. The highest BCUT2D eigenvalue weighted by Gasteiger charge is 2.35. The number of aliphatic hydroxyl groups excluding tert-OH is 1. The zero-order chi connectivity index (χ0) is 25.7. The molecule has 0 aromatic heterocycles. The van der Waals surface area contributed by atoms with Crippen molar-refractivity contribution < 1.29 is 23.1 Å². The maximum atomic E-state index is 13.2. The van der Waals surface area contributed by atoms with Gasteiger partial charge in [-0.2, -0.15) is 4.72 Å². The first kappa shape index (κ1) is 25.8. The zero-order valence-corrected chi connectivity index (χ0v) is 20.6. The van der Waals surface area contributed by atoms with Gasteiger partial charge in [0.25, 0.3) is 5.91 Å². The number of aliphatic hydroxyl groups is 1. The highest BCUT2D eigenvalue weighted by molar-refractivity contribution is 7.89. The lowest BCUT2D eigenvalue weighted by atomic mass is 10.1. The number of hydrogen-bond acceptors (Lipinski definition) is 6. The molecule has 1 aliphatic rings. The largest absolute Gasteiger partial charge is 0.394 e. The molecule has 1 saturated heterocycles. The molecule has 5 N–H and O–H groups in total. The minimum Gasteiger partial charge on any atom is -0.394 e. The molecule has 0 spiro atoms. The van der Waals surface area contributed by atoms with Crippen molar-refractivity contribution in [1.29, 1.82) is 0 Å². The van der Waals surface area contributed by atoms with Gasteiger partial charge >= 0.3 is 0 Å². The molecule has 1 heterocycles. The molecule has 190 valence electrons. The number of likely N-dealkylation sites (tertiary alicyclic amines) is 1. The van der Waals surface area contributed by atoms with Crippen LogP contribution < -0.4 is 15.8 Å². The molecule has 2 atom stereocenters. The van der Waals surface area contributed by atoms with Crippen LogP contribution in [0, 0.1) is 0 Å². The van der Waals surface area contributed by atoms with E-state index < -0.39 is 28.6 Å². The second-order valence-electron chi connectivity index (χ2n) is 8.81.